The summed E-state index contributed by atoms with van der Waals surface area (Å²) in [4.78, 5) is 44.5. The monoisotopic (exact) mass is 733 g/mol. The second-order valence-electron chi connectivity index (χ2n) is 23.3. The standard InChI is InChI=1S/C47H72O6/c1-9-43(4,40(49)52-46(7)35-17-29-11-30(19-35)20-36(46)18-29)26-44(5,41(50)53-47(8)37-21-31-12-32(23-37)24-38(47)22-31)25-42(2,3)39(48)51-45(6)33-13-27-10-28(15-33)16-34(45)14-27/h27-38H,9-26H2,1-8H3. The van der Waals surface area contributed by atoms with Crippen LogP contribution >= 0.6 is 0 Å². The van der Waals surface area contributed by atoms with Gasteiger partial charge in [-0.05, 0) is 235 Å². The molecule has 53 heavy (non-hydrogen) atoms. The molecule has 0 spiro atoms. The lowest BCUT2D eigenvalue weighted by molar-refractivity contribution is -0.222. The van der Waals surface area contributed by atoms with Crippen LogP contribution in [0.1, 0.15) is 171 Å². The molecule has 12 aliphatic carbocycles. The van der Waals surface area contributed by atoms with Crippen molar-refractivity contribution >= 4 is 17.9 Å². The number of hydrogen-bond acceptors (Lipinski definition) is 6. The molecule has 0 amide bonds. The van der Waals surface area contributed by atoms with Gasteiger partial charge >= 0.3 is 17.9 Å². The smallest absolute Gasteiger partial charge is 0.312 e. The highest BCUT2D eigenvalue weighted by Crippen LogP contribution is 2.63. The topological polar surface area (TPSA) is 78.9 Å². The molecule has 0 saturated heterocycles. The van der Waals surface area contributed by atoms with Gasteiger partial charge in [0.25, 0.3) is 0 Å². The number of carbonyl (C=O) groups excluding carboxylic acids is 3. The molecule has 12 fully saturated rings. The second-order valence-corrected chi connectivity index (χ2v) is 23.3. The van der Waals surface area contributed by atoms with Crippen molar-refractivity contribution in [1.82, 2.24) is 0 Å². The summed E-state index contributed by atoms with van der Waals surface area (Å²) in [6.07, 6.45) is 19.1. The van der Waals surface area contributed by atoms with Crippen LogP contribution < -0.4 is 0 Å². The molecule has 12 rings (SSSR count). The number of rotatable bonds is 11. The maximum absolute atomic E-state index is 15.2. The molecule has 2 atom stereocenters. The van der Waals surface area contributed by atoms with Gasteiger partial charge in [-0.2, -0.15) is 0 Å². The molecule has 6 heteroatoms. The Morgan fingerprint density at radius 3 is 0.981 bits per heavy atom. The van der Waals surface area contributed by atoms with Crippen molar-refractivity contribution in [1.29, 1.82) is 0 Å². The highest BCUT2D eigenvalue weighted by Gasteiger charge is 2.62. The zero-order valence-corrected chi connectivity index (χ0v) is 34.6. The highest BCUT2D eigenvalue weighted by molar-refractivity contribution is 5.83. The SMILES string of the molecule is CCC(C)(CC(C)(CC(C)(C)C(=O)OC1(C)C2CC3CC(C2)CC1C3)C(=O)OC1(C)C2CC3CC(C2)CC1C3)C(=O)OC1(C)C2CC3CC(C2)CC1C3. The molecule has 0 heterocycles. The van der Waals surface area contributed by atoms with Gasteiger partial charge in [-0.1, -0.05) is 6.92 Å². The first-order valence-electron chi connectivity index (χ1n) is 22.5. The number of hydrogen-bond donors (Lipinski definition) is 0. The zero-order valence-electron chi connectivity index (χ0n) is 34.6. The molecular formula is C47H72O6. The lowest BCUT2D eigenvalue weighted by Gasteiger charge is -2.60. The van der Waals surface area contributed by atoms with E-state index >= 15 is 4.79 Å². The zero-order chi connectivity index (χ0) is 37.5. The minimum absolute atomic E-state index is 0.170. The van der Waals surface area contributed by atoms with E-state index in [2.05, 4.69) is 27.7 Å². The molecule has 0 aromatic heterocycles. The molecule has 0 aromatic carbocycles. The summed E-state index contributed by atoms with van der Waals surface area (Å²) in [6.45, 7) is 16.7. The Labute approximate surface area is 320 Å². The summed E-state index contributed by atoms with van der Waals surface area (Å²) in [5.41, 5.74) is -4.31. The Morgan fingerprint density at radius 2 is 0.698 bits per heavy atom. The first-order valence-corrected chi connectivity index (χ1v) is 22.5. The largest absolute Gasteiger partial charge is 0.458 e. The summed E-state index contributed by atoms with van der Waals surface area (Å²) in [6, 6.07) is 0. The van der Waals surface area contributed by atoms with Gasteiger partial charge in [0.2, 0.25) is 0 Å². The van der Waals surface area contributed by atoms with E-state index < -0.39 is 33.0 Å². The first kappa shape index (κ1) is 37.0. The van der Waals surface area contributed by atoms with Crippen LogP contribution in [0.25, 0.3) is 0 Å². The minimum Gasteiger partial charge on any atom is -0.458 e. The van der Waals surface area contributed by atoms with Gasteiger partial charge < -0.3 is 14.2 Å². The highest BCUT2D eigenvalue weighted by atomic mass is 16.6. The number of esters is 3. The number of ether oxygens (including phenoxy) is 3. The van der Waals surface area contributed by atoms with Gasteiger partial charge in [0, 0.05) is 0 Å². The average Bonchev–Trinajstić information content (AvgIpc) is 3.07. The molecule has 0 aliphatic heterocycles. The maximum atomic E-state index is 15.2. The van der Waals surface area contributed by atoms with Crippen LogP contribution in [0.3, 0.4) is 0 Å². The van der Waals surface area contributed by atoms with E-state index in [1.165, 1.54) is 70.6 Å². The fourth-order valence-electron chi connectivity index (χ4n) is 16.3. The van der Waals surface area contributed by atoms with Crippen molar-refractivity contribution in [3.63, 3.8) is 0 Å². The molecule has 12 aliphatic rings. The van der Waals surface area contributed by atoms with E-state index in [1.54, 1.807) is 0 Å². The molecule has 296 valence electrons. The lowest BCUT2D eigenvalue weighted by Crippen LogP contribution is -2.60. The fourth-order valence-corrected chi connectivity index (χ4v) is 16.3. The lowest BCUT2D eigenvalue weighted by atomic mass is 9.50. The van der Waals surface area contributed by atoms with Crippen molar-refractivity contribution < 1.29 is 28.6 Å². The van der Waals surface area contributed by atoms with Crippen LogP contribution in [0, 0.1) is 87.3 Å². The Hall–Kier alpha value is -1.59. The van der Waals surface area contributed by atoms with Crippen molar-refractivity contribution in [2.24, 2.45) is 87.3 Å². The van der Waals surface area contributed by atoms with E-state index in [4.69, 9.17) is 14.2 Å². The Balaban J connectivity index is 0.984. The third kappa shape index (κ3) is 5.83. The molecule has 2 unspecified atom stereocenters. The van der Waals surface area contributed by atoms with Crippen molar-refractivity contribution in [2.45, 2.75) is 188 Å². The Bertz CT molecular complexity index is 1420. The van der Waals surface area contributed by atoms with Crippen LogP contribution in [-0.2, 0) is 28.6 Å². The summed E-state index contributed by atoms with van der Waals surface area (Å²) in [5.74, 6) is 6.56. The minimum atomic E-state index is -1.08. The van der Waals surface area contributed by atoms with E-state index in [1.807, 2.05) is 27.7 Å². The van der Waals surface area contributed by atoms with Crippen molar-refractivity contribution in [2.75, 3.05) is 0 Å². The second kappa shape index (κ2) is 12.2. The predicted octanol–water partition coefficient (Wildman–Crippen LogP) is 10.5. The van der Waals surface area contributed by atoms with Gasteiger partial charge in [-0.15, -0.1) is 0 Å². The van der Waals surface area contributed by atoms with Crippen LogP contribution in [0.2, 0.25) is 0 Å². The summed E-state index contributed by atoms with van der Waals surface area (Å²) >= 11 is 0. The number of carbonyl (C=O) groups is 3. The molecule has 0 N–H and O–H groups in total. The molecule has 0 aromatic rings. The molecule has 12 bridgehead atoms. The summed E-state index contributed by atoms with van der Waals surface area (Å²) in [7, 11) is 0. The van der Waals surface area contributed by atoms with Crippen LogP contribution in [-0.4, -0.2) is 34.7 Å². The maximum Gasteiger partial charge on any atom is 0.312 e. The third-order valence-corrected chi connectivity index (χ3v) is 19.1. The van der Waals surface area contributed by atoms with Crippen molar-refractivity contribution in [3.8, 4) is 0 Å². The van der Waals surface area contributed by atoms with Gasteiger partial charge in [0.15, 0.2) is 0 Å². The summed E-state index contributed by atoms with van der Waals surface area (Å²) in [5, 5.41) is 0. The van der Waals surface area contributed by atoms with Crippen molar-refractivity contribution in [3.05, 3.63) is 0 Å². The average molecular weight is 733 g/mol. The Kier molecular flexibility index (Phi) is 8.52. The molecule has 0 radical (unpaired) electrons. The fraction of sp³-hybridized carbons (Fsp3) is 0.936. The van der Waals surface area contributed by atoms with Gasteiger partial charge in [0.1, 0.15) is 16.8 Å². The summed E-state index contributed by atoms with van der Waals surface area (Å²) < 4.78 is 20.5. The van der Waals surface area contributed by atoms with E-state index in [0.29, 0.717) is 48.3 Å². The van der Waals surface area contributed by atoms with E-state index in [-0.39, 0.29) is 24.3 Å². The quantitative estimate of drug-likeness (QED) is 0.155. The molecule has 6 nitrogen and oxygen atoms in total. The van der Waals surface area contributed by atoms with Crippen LogP contribution in [0.15, 0.2) is 0 Å². The normalized spacial score (nSPS) is 49.4. The van der Waals surface area contributed by atoms with E-state index in [0.717, 1.165) is 61.2 Å². The van der Waals surface area contributed by atoms with Gasteiger partial charge in [-0.25, -0.2) is 0 Å². The predicted molar refractivity (Wildman–Crippen MR) is 204 cm³/mol. The van der Waals surface area contributed by atoms with E-state index in [9.17, 15) is 9.59 Å². The first-order chi connectivity index (χ1) is 24.8. The molecular weight excluding hydrogens is 661 g/mol. The van der Waals surface area contributed by atoms with Gasteiger partial charge in [0.05, 0.1) is 16.2 Å². The third-order valence-electron chi connectivity index (χ3n) is 19.1. The van der Waals surface area contributed by atoms with Gasteiger partial charge in [-0.3, -0.25) is 14.4 Å². The molecule has 12 saturated carbocycles. The Morgan fingerprint density at radius 1 is 0.434 bits per heavy atom. The van der Waals surface area contributed by atoms with Crippen LogP contribution in [0.4, 0.5) is 0 Å². The van der Waals surface area contributed by atoms with Crippen LogP contribution in [0.5, 0.6) is 0 Å².